The Balaban J connectivity index is 1.48. The summed E-state index contributed by atoms with van der Waals surface area (Å²) < 4.78 is 11.1. The lowest BCUT2D eigenvalue weighted by Crippen LogP contribution is -2.24. The average molecular weight is 364 g/mol. The van der Waals surface area contributed by atoms with Crippen molar-refractivity contribution in [1.82, 2.24) is 20.0 Å². The van der Waals surface area contributed by atoms with Crippen molar-refractivity contribution in [2.24, 2.45) is 0 Å². The maximum Gasteiger partial charge on any atom is 0.232 e. The molecular weight excluding hydrogens is 344 g/mol. The van der Waals surface area contributed by atoms with Crippen molar-refractivity contribution in [3.63, 3.8) is 0 Å². The number of ether oxygens (including phenoxy) is 1. The Morgan fingerprint density at radius 3 is 2.85 bits per heavy atom. The van der Waals surface area contributed by atoms with E-state index in [2.05, 4.69) is 15.1 Å². The SMILES string of the molecule is CCOc1ccccc1CN1CC(c2nc(-c3ccncc3)no2)CC1=O. The molecule has 1 unspecified atom stereocenters. The van der Waals surface area contributed by atoms with E-state index in [9.17, 15) is 4.79 Å². The lowest BCUT2D eigenvalue weighted by atomic mass is 10.1. The van der Waals surface area contributed by atoms with Crippen LogP contribution in [0.2, 0.25) is 0 Å². The molecule has 3 aromatic rings. The van der Waals surface area contributed by atoms with Gasteiger partial charge in [0.15, 0.2) is 0 Å². The number of para-hydroxylation sites is 1. The van der Waals surface area contributed by atoms with Gasteiger partial charge in [-0.3, -0.25) is 9.78 Å². The van der Waals surface area contributed by atoms with Crippen LogP contribution in [-0.2, 0) is 11.3 Å². The molecule has 7 heteroatoms. The molecule has 7 nitrogen and oxygen atoms in total. The summed E-state index contributed by atoms with van der Waals surface area (Å²) in [6.45, 7) is 3.60. The van der Waals surface area contributed by atoms with Crippen LogP contribution in [0, 0.1) is 0 Å². The molecule has 4 rings (SSSR count). The van der Waals surface area contributed by atoms with E-state index in [0.717, 1.165) is 16.9 Å². The summed E-state index contributed by atoms with van der Waals surface area (Å²) in [5.74, 6) is 1.81. The smallest absolute Gasteiger partial charge is 0.232 e. The van der Waals surface area contributed by atoms with Crippen molar-refractivity contribution >= 4 is 5.91 Å². The van der Waals surface area contributed by atoms with Gasteiger partial charge in [0.05, 0.1) is 12.5 Å². The van der Waals surface area contributed by atoms with Crippen molar-refractivity contribution in [1.29, 1.82) is 0 Å². The number of aromatic nitrogens is 3. The molecule has 0 bridgehead atoms. The minimum atomic E-state index is -0.0974. The third kappa shape index (κ3) is 3.67. The number of nitrogens with zero attached hydrogens (tertiary/aromatic N) is 4. The van der Waals surface area contributed by atoms with Crippen LogP contribution in [-0.4, -0.2) is 39.1 Å². The van der Waals surface area contributed by atoms with Gasteiger partial charge >= 0.3 is 0 Å². The topological polar surface area (TPSA) is 81.3 Å². The van der Waals surface area contributed by atoms with Crippen molar-refractivity contribution in [3.8, 4) is 17.1 Å². The highest BCUT2D eigenvalue weighted by molar-refractivity contribution is 5.79. The molecule has 27 heavy (non-hydrogen) atoms. The first kappa shape index (κ1) is 17.2. The Bertz CT molecular complexity index is 926. The molecule has 3 heterocycles. The minimum Gasteiger partial charge on any atom is -0.494 e. The number of carbonyl (C=O) groups is 1. The van der Waals surface area contributed by atoms with Gasteiger partial charge in [-0.05, 0) is 25.1 Å². The van der Waals surface area contributed by atoms with Gasteiger partial charge < -0.3 is 14.2 Å². The predicted molar refractivity (Wildman–Crippen MR) is 97.9 cm³/mol. The first-order valence-electron chi connectivity index (χ1n) is 8.97. The molecule has 1 atom stereocenters. The Morgan fingerprint density at radius 1 is 1.22 bits per heavy atom. The predicted octanol–water partition coefficient (Wildman–Crippen LogP) is 3.05. The molecule has 0 aliphatic carbocycles. The highest BCUT2D eigenvalue weighted by Gasteiger charge is 2.34. The largest absolute Gasteiger partial charge is 0.494 e. The number of likely N-dealkylation sites (tertiary alicyclic amines) is 1. The van der Waals surface area contributed by atoms with Gasteiger partial charge in [-0.2, -0.15) is 4.98 Å². The lowest BCUT2D eigenvalue weighted by Gasteiger charge is -2.18. The zero-order chi connectivity index (χ0) is 18.6. The molecule has 1 saturated heterocycles. The van der Waals surface area contributed by atoms with E-state index in [1.54, 1.807) is 12.4 Å². The van der Waals surface area contributed by atoms with Gasteiger partial charge in [0, 0.05) is 43.0 Å². The summed E-state index contributed by atoms with van der Waals surface area (Å²) in [6, 6.07) is 11.4. The fraction of sp³-hybridized carbons (Fsp3) is 0.300. The maximum atomic E-state index is 12.5. The van der Waals surface area contributed by atoms with Crippen LogP contribution >= 0.6 is 0 Å². The monoisotopic (exact) mass is 364 g/mol. The van der Waals surface area contributed by atoms with Crippen LogP contribution in [0.3, 0.4) is 0 Å². The fourth-order valence-corrected chi connectivity index (χ4v) is 3.25. The Hall–Kier alpha value is -3.22. The van der Waals surface area contributed by atoms with Crippen molar-refractivity contribution in [2.45, 2.75) is 25.8 Å². The summed E-state index contributed by atoms with van der Waals surface area (Å²) in [5, 5.41) is 4.04. The highest BCUT2D eigenvalue weighted by Crippen LogP contribution is 2.31. The molecule has 0 N–H and O–H groups in total. The third-order valence-corrected chi connectivity index (χ3v) is 4.58. The number of carbonyl (C=O) groups excluding carboxylic acids is 1. The molecule has 1 aromatic carbocycles. The molecule has 0 radical (unpaired) electrons. The second-order valence-electron chi connectivity index (χ2n) is 6.41. The van der Waals surface area contributed by atoms with Crippen LogP contribution in [0.4, 0.5) is 0 Å². The molecule has 1 amide bonds. The van der Waals surface area contributed by atoms with E-state index >= 15 is 0 Å². The Morgan fingerprint density at radius 2 is 2.04 bits per heavy atom. The minimum absolute atomic E-state index is 0.0787. The maximum absolute atomic E-state index is 12.5. The average Bonchev–Trinajstić information content (AvgIpc) is 3.32. The lowest BCUT2D eigenvalue weighted by molar-refractivity contribution is -0.128. The number of benzene rings is 1. The zero-order valence-electron chi connectivity index (χ0n) is 15.0. The standard InChI is InChI=1S/C20H20N4O3/c1-2-26-17-6-4-3-5-15(17)12-24-13-16(11-18(24)25)20-22-19(23-27-20)14-7-9-21-10-8-14/h3-10,16H,2,11-13H2,1H3. The molecule has 138 valence electrons. The van der Waals surface area contributed by atoms with Gasteiger partial charge in [-0.25, -0.2) is 0 Å². The summed E-state index contributed by atoms with van der Waals surface area (Å²) in [6.07, 6.45) is 3.73. The first-order chi connectivity index (χ1) is 13.2. The van der Waals surface area contributed by atoms with E-state index in [-0.39, 0.29) is 11.8 Å². The molecule has 2 aromatic heterocycles. The van der Waals surface area contributed by atoms with E-state index in [4.69, 9.17) is 9.26 Å². The quantitative estimate of drug-likeness (QED) is 0.669. The van der Waals surface area contributed by atoms with Gasteiger partial charge in [0.1, 0.15) is 5.75 Å². The molecule has 1 aliphatic rings. The summed E-state index contributed by atoms with van der Waals surface area (Å²) in [5.41, 5.74) is 1.84. The summed E-state index contributed by atoms with van der Waals surface area (Å²) in [4.78, 5) is 22.8. The third-order valence-electron chi connectivity index (χ3n) is 4.58. The van der Waals surface area contributed by atoms with Crippen molar-refractivity contribution in [2.75, 3.05) is 13.2 Å². The van der Waals surface area contributed by atoms with Crippen molar-refractivity contribution < 1.29 is 14.1 Å². The normalized spacial score (nSPS) is 16.7. The fourth-order valence-electron chi connectivity index (χ4n) is 3.25. The number of hydrogen-bond donors (Lipinski definition) is 0. The van der Waals surface area contributed by atoms with Crippen LogP contribution in [0.15, 0.2) is 53.3 Å². The highest BCUT2D eigenvalue weighted by atomic mass is 16.5. The van der Waals surface area contributed by atoms with Crippen LogP contribution in [0.5, 0.6) is 5.75 Å². The van der Waals surface area contributed by atoms with Crippen molar-refractivity contribution in [3.05, 3.63) is 60.2 Å². The molecule has 0 spiro atoms. The van der Waals surface area contributed by atoms with Crippen LogP contribution in [0.1, 0.15) is 30.7 Å². The van der Waals surface area contributed by atoms with Gasteiger partial charge in [0.2, 0.25) is 17.6 Å². The number of rotatable bonds is 6. The summed E-state index contributed by atoms with van der Waals surface area (Å²) in [7, 11) is 0. The number of pyridine rings is 1. The number of hydrogen-bond acceptors (Lipinski definition) is 6. The second-order valence-corrected chi connectivity index (χ2v) is 6.41. The Labute approximate surface area is 157 Å². The number of amides is 1. The van der Waals surface area contributed by atoms with E-state index in [0.29, 0.717) is 37.8 Å². The molecule has 0 saturated carbocycles. The van der Waals surface area contributed by atoms with E-state index in [1.807, 2.05) is 48.2 Å². The van der Waals surface area contributed by atoms with E-state index in [1.165, 1.54) is 0 Å². The molecular formula is C20H20N4O3. The molecule has 1 fully saturated rings. The zero-order valence-corrected chi connectivity index (χ0v) is 15.0. The second kappa shape index (κ2) is 7.57. The molecule has 1 aliphatic heterocycles. The van der Waals surface area contributed by atoms with Crippen LogP contribution < -0.4 is 4.74 Å². The van der Waals surface area contributed by atoms with E-state index < -0.39 is 0 Å². The van der Waals surface area contributed by atoms with Gasteiger partial charge in [0.25, 0.3) is 0 Å². The van der Waals surface area contributed by atoms with Gasteiger partial charge in [-0.1, -0.05) is 23.4 Å². The Kier molecular flexibility index (Phi) is 4.82. The van der Waals surface area contributed by atoms with Crippen LogP contribution in [0.25, 0.3) is 11.4 Å². The first-order valence-corrected chi connectivity index (χ1v) is 8.97. The summed E-state index contributed by atoms with van der Waals surface area (Å²) >= 11 is 0. The van der Waals surface area contributed by atoms with Gasteiger partial charge in [-0.15, -0.1) is 0 Å².